The molecule has 8 nitrogen and oxygen atoms in total. The van der Waals surface area contributed by atoms with Crippen molar-refractivity contribution < 1.29 is 19.3 Å². The van der Waals surface area contributed by atoms with Crippen LogP contribution in [0.25, 0.3) is 10.9 Å². The SMILES string of the molecule is COc1ccc(Cc2c(O)c3cc(OC(C)C#N)ccc3n(C3CCOCC3)c2=O)cn1. The van der Waals surface area contributed by atoms with Crippen LogP contribution >= 0.6 is 0 Å². The van der Waals surface area contributed by atoms with E-state index in [1.54, 1.807) is 42.0 Å². The number of pyridine rings is 2. The van der Waals surface area contributed by atoms with E-state index in [4.69, 9.17) is 19.5 Å². The largest absolute Gasteiger partial charge is 0.507 e. The smallest absolute Gasteiger partial charge is 0.258 e. The number of hydrogen-bond acceptors (Lipinski definition) is 7. The summed E-state index contributed by atoms with van der Waals surface area (Å²) in [6.45, 7) is 2.81. The van der Waals surface area contributed by atoms with Crippen LogP contribution < -0.4 is 15.0 Å². The zero-order valence-electron chi connectivity index (χ0n) is 18.1. The van der Waals surface area contributed by atoms with E-state index in [0.29, 0.717) is 54.2 Å². The van der Waals surface area contributed by atoms with Gasteiger partial charge in [-0.05, 0) is 43.5 Å². The van der Waals surface area contributed by atoms with Crippen molar-refractivity contribution in [1.82, 2.24) is 9.55 Å². The molecule has 1 aromatic carbocycles. The Morgan fingerprint density at radius 3 is 2.75 bits per heavy atom. The molecule has 8 heteroatoms. The maximum absolute atomic E-state index is 13.6. The molecular formula is C24H25N3O5. The van der Waals surface area contributed by atoms with Gasteiger partial charge in [-0.2, -0.15) is 5.26 Å². The van der Waals surface area contributed by atoms with Gasteiger partial charge in [-0.1, -0.05) is 6.07 Å². The predicted octanol–water partition coefficient (Wildman–Crippen LogP) is 3.34. The molecule has 0 aliphatic carbocycles. The van der Waals surface area contributed by atoms with Crippen LogP contribution in [-0.4, -0.2) is 41.1 Å². The molecule has 1 aliphatic heterocycles. The third-order valence-electron chi connectivity index (χ3n) is 5.68. The third-order valence-corrected chi connectivity index (χ3v) is 5.68. The van der Waals surface area contributed by atoms with Crippen LogP contribution in [0.4, 0.5) is 0 Å². The van der Waals surface area contributed by atoms with Crippen molar-refractivity contribution in [3.63, 3.8) is 0 Å². The van der Waals surface area contributed by atoms with Gasteiger partial charge in [0.2, 0.25) is 5.88 Å². The fourth-order valence-electron chi connectivity index (χ4n) is 4.04. The highest BCUT2D eigenvalue weighted by Gasteiger charge is 2.24. The van der Waals surface area contributed by atoms with E-state index in [-0.39, 0.29) is 23.8 Å². The third kappa shape index (κ3) is 4.25. The molecule has 32 heavy (non-hydrogen) atoms. The molecular weight excluding hydrogens is 410 g/mol. The van der Waals surface area contributed by atoms with E-state index in [2.05, 4.69) is 4.98 Å². The van der Waals surface area contributed by atoms with E-state index < -0.39 is 6.10 Å². The number of aromatic nitrogens is 2. The topological polar surface area (TPSA) is 107 Å². The molecule has 1 aliphatic rings. The Labute approximate surface area is 185 Å². The highest BCUT2D eigenvalue weighted by molar-refractivity contribution is 5.88. The van der Waals surface area contributed by atoms with Gasteiger partial charge >= 0.3 is 0 Å². The first-order valence-electron chi connectivity index (χ1n) is 10.5. The first kappa shape index (κ1) is 21.7. The summed E-state index contributed by atoms with van der Waals surface area (Å²) in [6.07, 6.45) is 2.65. The highest BCUT2D eigenvalue weighted by atomic mass is 16.5. The van der Waals surface area contributed by atoms with Crippen molar-refractivity contribution in [2.24, 2.45) is 0 Å². The Balaban J connectivity index is 1.86. The average molecular weight is 435 g/mol. The Bertz CT molecular complexity index is 1210. The number of methoxy groups -OCH3 is 1. The second-order valence-corrected chi connectivity index (χ2v) is 7.80. The number of nitrogens with zero attached hydrogens (tertiary/aromatic N) is 3. The zero-order chi connectivity index (χ0) is 22.7. The van der Waals surface area contributed by atoms with Gasteiger partial charge in [0, 0.05) is 43.3 Å². The predicted molar refractivity (Wildman–Crippen MR) is 118 cm³/mol. The van der Waals surface area contributed by atoms with Gasteiger partial charge in [0.25, 0.3) is 5.56 Å². The molecule has 2 aromatic heterocycles. The van der Waals surface area contributed by atoms with Crippen molar-refractivity contribution in [3.05, 3.63) is 58.0 Å². The summed E-state index contributed by atoms with van der Waals surface area (Å²) in [4.78, 5) is 17.8. The summed E-state index contributed by atoms with van der Waals surface area (Å²) in [5, 5.41) is 20.7. The van der Waals surface area contributed by atoms with Crippen LogP contribution in [0.1, 0.15) is 36.9 Å². The van der Waals surface area contributed by atoms with Gasteiger partial charge in [-0.25, -0.2) is 4.98 Å². The molecule has 1 unspecified atom stereocenters. The fourth-order valence-corrected chi connectivity index (χ4v) is 4.04. The molecule has 1 saturated heterocycles. The van der Waals surface area contributed by atoms with Crippen molar-refractivity contribution in [1.29, 1.82) is 5.26 Å². The lowest BCUT2D eigenvalue weighted by Gasteiger charge is -2.27. The highest BCUT2D eigenvalue weighted by Crippen LogP contribution is 2.34. The van der Waals surface area contributed by atoms with Gasteiger partial charge in [0.15, 0.2) is 6.10 Å². The van der Waals surface area contributed by atoms with E-state index >= 15 is 0 Å². The summed E-state index contributed by atoms with van der Waals surface area (Å²) in [5.41, 5.74) is 1.48. The first-order chi connectivity index (χ1) is 15.5. The summed E-state index contributed by atoms with van der Waals surface area (Å²) in [6, 6.07) is 10.7. The van der Waals surface area contributed by atoms with Crippen LogP contribution in [0, 0.1) is 11.3 Å². The fraction of sp³-hybridized carbons (Fsp3) is 0.375. The second-order valence-electron chi connectivity index (χ2n) is 7.80. The molecule has 1 atom stereocenters. The normalized spacial score (nSPS) is 15.3. The molecule has 0 radical (unpaired) electrons. The van der Waals surface area contributed by atoms with Crippen LogP contribution in [0.2, 0.25) is 0 Å². The van der Waals surface area contributed by atoms with Gasteiger partial charge in [0.05, 0.1) is 18.2 Å². The summed E-state index contributed by atoms with van der Waals surface area (Å²) in [7, 11) is 1.54. The zero-order valence-corrected chi connectivity index (χ0v) is 18.1. The lowest BCUT2D eigenvalue weighted by molar-refractivity contribution is 0.0697. The quantitative estimate of drug-likeness (QED) is 0.633. The van der Waals surface area contributed by atoms with Crippen molar-refractivity contribution >= 4 is 10.9 Å². The van der Waals surface area contributed by atoms with Crippen molar-refractivity contribution in [3.8, 4) is 23.4 Å². The van der Waals surface area contributed by atoms with Gasteiger partial charge in [0.1, 0.15) is 17.6 Å². The Kier molecular flexibility index (Phi) is 6.28. The number of ether oxygens (including phenoxy) is 3. The summed E-state index contributed by atoms with van der Waals surface area (Å²) < 4.78 is 18.0. The minimum absolute atomic E-state index is 0.0307. The monoisotopic (exact) mass is 435 g/mol. The number of nitriles is 1. The minimum atomic E-state index is -0.638. The number of fused-ring (bicyclic) bond motifs is 1. The molecule has 4 rings (SSSR count). The molecule has 0 amide bonds. The van der Waals surface area contributed by atoms with Crippen LogP contribution in [-0.2, 0) is 11.2 Å². The molecule has 0 saturated carbocycles. The summed E-state index contributed by atoms with van der Waals surface area (Å²) >= 11 is 0. The second kappa shape index (κ2) is 9.28. The average Bonchev–Trinajstić information content (AvgIpc) is 2.83. The number of hydrogen-bond donors (Lipinski definition) is 1. The number of aromatic hydroxyl groups is 1. The molecule has 3 aromatic rings. The molecule has 0 spiro atoms. The lowest BCUT2D eigenvalue weighted by Crippen LogP contribution is -2.31. The molecule has 166 valence electrons. The number of rotatable bonds is 6. The Hall–Kier alpha value is -3.57. The summed E-state index contributed by atoms with van der Waals surface area (Å²) in [5.74, 6) is 0.847. The van der Waals surface area contributed by atoms with E-state index in [9.17, 15) is 9.90 Å². The van der Waals surface area contributed by atoms with E-state index in [1.165, 1.54) is 7.11 Å². The van der Waals surface area contributed by atoms with Gasteiger partial charge in [-0.15, -0.1) is 0 Å². The maximum Gasteiger partial charge on any atom is 0.258 e. The van der Waals surface area contributed by atoms with Gasteiger partial charge in [-0.3, -0.25) is 4.79 Å². The molecule has 1 N–H and O–H groups in total. The molecule has 0 bridgehead atoms. The Morgan fingerprint density at radius 1 is 1.31 bits per heavy atom. The van der Waals surface area contributed by atoms with Crippen molar-refractivity contribution in [2.45, 2.75) is 38.3 Å². The van der Waals surface area contributed by atoms with Crippen LogP contribution in [0.3, 0.4) is 0 Å². The van der Waals surface area contributed by atoms with Crippen LogP contribution in [0.5, 0.6) is 17.4 Å². The Morgan fingerprint density at radius 2 is 2.09 bits per heavy atom. The van der Waals surface area contributed by atoms with Crippen molar-refractivity contribution in [2.75, 3.05) is 20.3 Å². The van der Waals surface area contributed by atoms with E-state index in [1.807, 2.05) is 12.1 Å². The molecule has 3 heterocycles. The standard InChI is InChI=1S/C24H25N3O5/c1-15(13-25)32-18-4-5-21-19(12-18)23(28)20(11-16-3-6-22(30-2)26-14-16)24(29)27(21)17-7-9-31-10-8-17/h3-6,12,14-15,17,28H,7-11H2,1-2H3. The molecule has 1 fully saturated rings. The van der Waals surface area contributed by atoms with Crippen LogP contribution in [0.15, 0.2) is 41.3 Å². The minimum Gasteiger partial charge on any atom is -0.507 e. The van der Waals surface area contributed by atoms with Gasteiger partial charge < -0.3 is 23.9 Å². The van der Waals surface area contributed by atoms with E-state index in [0.717, 1.165) is 5.56 Å². The lowest BCUT2D eigenvalue weighted by atomic mass is 10.0. The first-order valence-corrected chi connectivity index (χ1v) is 10.5. The number of benzene rings is 1. The maximum atomic E-state index is 13.6.